The summed E-state index contributed by atoms with van der Waals surface area (Å²) in [5.74, 6) is -0.699. The van der Waals surface area contributed by atoms with E-state index in [0.717, 1.165) is 24.3 Å². The molecular formula is C15H13F4NO2S. The third-order valence-electron chi connectivity index (χ3n) is 3.18. The van der Waals surface area contributed by atoms with Crippen LogP contribution in [0.2, 0.25) is 0 Å². The highest BCUT2D eigenvalue weighted by molar-refractivity contribution is 7.89. The van der Waals surface area contributed by atoms with Crippen LogP contribution in [0.1, 0.15) is 24.1 Å². The molecule has 2 aromatic carbocycles. The first-order valence-electron chi connectivity index (χ1n) is 6.54. The van der Waals surface area contributed by atoms with Crippen molar-refractivity contribution in [2.45, 2.75) is 24.0 Å². The molecule has 2 rings (SSSR count). The summed E-state index contributed by atoms with van der Waals surface area (Å²) >= 11 is 0. The number of nitrogens with one attached hydrogen (secondary N) is 1. The monoisotopic (exact) mass is 347 g/mol. The predicted octanol–water partition coefficient (Wildman–Crippen LogP) is 3.88. The van der Waals surface area contributed by atoms with E-state index in [2.05, 4.69) is 4.72 Å². The lowest BCUT2D eigenvalue weighted by atomic mass is 10.1. The van der Waals surface area contributed by atoms with E-state index in [9.17, 15) is 26.0 Å². The van der Waals surface area contributed by atoms with Gasteiger partial charge in [-0.1, -0.05) is 18.2 Å². The second kappa shape index (κ2) is 6.29. The summed E-state index contributed by atoms with van der Waals surface area (Å²) < 4.78 is 77.2. The summed E-state index contributed by atoms with van der Waals surface area (Å²) in [6.45, 7) is 1.49. The first-order chi connectivity index (χ1) is 10.6. The molecule has 1 atom stereocenters. The smallest absolute Gasteiger partial charge is 0.207 e. The van der Waals surface area contributed by atoms with Gasteiger partial charge in [0, 0.05) is 6.04 Å². The minimum absolute atomic E-state index is 0.253. The topological polar surface area (TPSA) is 46.2 Å². The Balaban J connectivity index is 2.20. The maximum absolute atomic E-state index is 13.1. The summed E-state index contributed by atoms with van der Waals surface area (Å²) in [6, 6.07) is 7.83. The number of benzene rings is 2. The van der Waals surface area contributed by atoms with Gasteiger partial charge >= 0.3 is 6.18 Å². The van der Waals surface area contributed by atoms with Gasteiger partial charge in [-0.25, -0.2) is 17.5 Å². The first kappa shape index (κ1) is 17.4. The molecule has 124 valence electrons. The molecule has 8 heteroatoms. The summed E-state index contributed by atoms with van der Waals surface area (Å²) in [6.07, 6.45) is -4.46. The Kier molecular flexibility index (Phi) is 4.76. The van der Waals surface area contributed by atoms with Gasteiger partial charge < -0.3 is 0 Å². The molecule has 2 aromatic rings. The van der Waals surface area contributed by atoms with Crippen LogP contribution < -0.4 is 4.72 Å². The second-order valence-corrected chi connectivity index (χ2v) is 6.63. The van der Waals surface area contributed by atoms with Gasteiger partial charge in [-0.05, 0) is 42.8 Å². The SMILES string of the molecule is CC(NS(=O)(=O)c1cccc(F)c1)c1ccc(C(F)(F)F)cc1. The molecule has 0 saturated heterocycles. The van der Waals surface area contributed by atoms with E-state index >= 15 is 0 Å². The van der Waals surface area contributed by atoms with Crippen molar-refractivity contribution in [2.75, 3.05) is 0 Å². The van der Waals surface area contributed by atoms with Crippen LogP contribution in [0.3, 0.4) is 0 Å². The van der Waals surface area contributed by atoms with E-state index in [1.807, 2.05) is 0 Å². The molecule has 23 heavy (non-hydrogen) atoms. The average molecular weight is 347 g/mol. The van der Waals surface area contributed by atoms with Crippen LogP contribution in [-0.2, 0) is 16.2 Å². The van der Waals surface area contributed by atoms with E-state index in [4.69, 9.17) is 0 Å². The second-order valence-electron chi connectivity index (χ2n) is 4.92. The molecule has 0 aliphatic rings. The molecular weight excluding hydrogens is 334 g/mol. The zero-order valence-corrected chi connectivity index (χ0v) is 12.7. The van der Waals surface area contributed by atoms with Crippen LogP contribution in [0, 0.1) is 5.82 Å². The van der Waals surface area contributed by atoms with Crippen molar-refractivity contribution in [2.24, 2.45) is 0 Å². The molecule has 0 aliphatic carbocycles. The number of hydrogen-bond donors (Lipinski definition) is 1. The van der Waals surface area contributed by atoms with E-state index in [1.165, 1.54) is 31.2 Å². The van der Waals surface area contributed by atoms with Crippen molar-refractivity contribution in [3.05, 3.63) is 65.5 Å². The fourth-order valence-corrected chi connectivity index (χ4v) is 3.23. The Morgan fingerprint density at radius 2 is 1.65 bits per heavy atom. The lowest BCUT2D eigenvalue weighted by Crippen LogP contribution is -2.27. The van der Waals surface area contributed by atoms with Gasteiger partial charge in [-0.2, -0.15) is 13.2 Å². The average Bonchev–Trinajstić information content (AvgIpc) is 2.46. The summed E-state index contributed by atoms with van der Waals surface area (Å²) in [4.78, 5) is -0.253. The Bertz CT molecular complexity index is 786. The number of halogens is 4. The van der Waals surface area contributed by atoms with Crippen molar-refractivity contribution >= 4 is 10.0 Å². The summed E-state index contributed by atoms with van der Waals surface area (Å²) in [5, 5.41) is 0. The quantitative estimate of drug-likeness (QED) is 0.853. The standard InChI is InChI=1S/C15H13F4NO2S/c1-10(11-5-7-12(8-6-11)15(17,18)19)20-23(21,22)14-4-2-3-13(16)9-14/h2-10,20H,1H3. The fourth-order valence-electron chi connectivity index (χ4n) is 1.96. The molecule has 0 bridgehead atoms. The van der Waals surface area contributed by atoms with E-state index < -0.39 is 33.6 Å². The highest BCUT2D eigenvalue weighted by atomic mass is 32.2. The number of alkyl halides is 3. The third kappa shape index (κ3) is 4.29. The van der Waals surface area contributed by atoms with Crippen LogP contribution in [-0.4, -0.2) is 8.42 Å². The van der Waals surface area contributed by atoms with Crippen LogP contribution in [0.5, 0.6) is 0 Å². The van der Waals surface area contributed by atoms with Crippen LogP contribution in [0.15, 0.2) is 53.4 Å². The first-order valence-corrected chi connectivity index (χ1v) is 8.03. The maximum Gasteiger partial charge on any atom is 0.416 e. The number of rotatable bonds is 4. The molecule has 3 nitrogen and oxygen atoms in total. The molecule has 0 fully saturated rings. The van der Waals surface area contributed by atoms with Gasteiger partial charge in [-0.15, -0.1) is 0 Å². The molecule has 1 N–H and O–H groups in total. The van der Waals surface area contributed by atoms with E-state index in [1.54, 1.807) is 0 Å². The Hall–Kier alpha value is -1.93. The normalized spacial score (nSPS) is 13.8. The number of hydrogen-bond acceptors (Lipinski definition) is 2. The van der Waals surface area contributed by atoms with Gasteiger partial charge in [0.25, 0.3) is 0 Å². The van der Waals surface area contributed by atoms with Crippen molar-refractivity contribution in [1.82, 2.24) is 4.72 Å². The Labute approximate surface area is 131 Å². The van der Waals surface area contributed by atoms with Gasteiger partial charge in [-0.3, -0.25) is 0 Å². The highest BCUT2D eigenvalue weighted by Gasteiger charge is 2.30. The minimum atomic E-state index is -4.46. The van der Waals surface area contributed by atoms with Crippen LogP contribution in [0.4, 0.5) is 17.6 Å². The van der Waals surface area contributed by atoms with Crippen molar-refractivity contribution in [3.8, 4) is 0 Å². The lowest BCUT2D eigenvalue weighted by molar-refractivity contribution is -0.137. The zero-order valence-electron chi connectivity index (χ0n) is 11.9. The predicted molar refractivity (Wildman–Crippen MR) is 76.6 cm³/mol. The van der Waals surface area contributed by atoms with Gasteiger partial charge in [0.05, 0.1) is 10.5 Å². The lowest BCUT2D eigenvalue weighted by Gasteiger charge is -2.15. The largest absolute Gasteiger partial charge is 0.416 e. The fraction of sp³-hybridized carbons (Fsp3) is 0.200. The van der Waals surface area contributed by atoms with Crippen LogP contribution in [0.25, 0.3) is 0 Å². The van der Waals surface area contributed by atoms with Gasteiger partial charge in [0.1, 0.15) is 5.82 Å². The van der Waals surface area contributed by atoms with Crippen LogP contribution >= 0.6 is 0 Å². The van der Waals surface area contributed by atoms with Crippen molar-refractivity contribution < 1.29 is 26.0 Å². The molecule has 0 spiro atoms. The van der Waals surface area contributed by atoms with Crippen molar-refractivity contribution in [1.29, 1.82) is 0 Å². The molecule has 0 aromatic heterocycles. The molecule has 0 heterocycles. The van der Waals surface area contributed by atoms with Crippen molar-refractivity contribution in [3.63, 3.8) is 0 Å². The molecule has 0 radical (unpaired) electrons. The number of sulfonamides is 1. The molecule has 1 unspecified atom stereocenters. The highest BCUT2D eigenvalue weighted by Crippen LogP contribution is 2.30. The summed E-state index contributed by atoms with van der Waals surface area (Å²) in [7, 11) is -3.98. The molecule has 0 amide bonds. The summed E-state index contributed by atoms with van der Waals surface area (Å²) in [5.41, 5.74) is -0.459. The third-order valence-corrected chi connectivity index (χ3v) is 4.71. The van der Waals surface area contributed by atoms with E-state index in [0.29, 0.717) is 5.56 Å². The Morgan fingerprint density at radius 1 is 1.04 bits per heavy atom. The van der Waals surface area contributed by atoms with Gasteiger partial charge in [0.2, 0.25) is 10.0 Å². The molecule has 0 aliphatic heterocycles. The molecule has 0 saturated carbocycles. The maximum atomic E-state index is 13.1. The Morgan fingerprint density at radius 3 is 2.17 bits per heavy atom. The van der Waals surface area contributed by atoms with Gasteiger partial charge in [0.15, 0.2) is 0 Å². The minimum Gasteiger partial charge on any atom is -0.207 e. The van der Waals surface area contributed by atoms with E-state index in [-0.39, 0.29) is 4.90 Å². The zero-order chi connectivity index (χ0) is 17.3.